The Morgan fingerprint density at radius 2 is 1.64 bits per heavy atom. The van der Waals surface area contributed by atoms with E-state index in [0.29, 0.717) is 5.49 Å². The van der Waals surface area contributed by atoms with Gasteiger partial charge in [0, 0.05) is 16.3 Å². The fourth-order valence-corrected chi connectivity index (χ4v) is 3.08. The number of benzene rings is 2. The van der Waals surface area contributed by atoms with E-state index < -0.39 is 0 Å². The first-order valence-corrected chi connectivity index (χ1v) is 7.11. The lowest BCUT2D eigenvalue weighted by Crippen LogP contribution is -2.08. The molecule has 0 fully saturated rings. The summed E-state index contributed by atoms with van der Waals surface area (Å²) in [6.07, 6.45) is 2.15. The molecule has 0 saturated heterocycles. The Bertz CT molecular complexity index is 1160. The van der Waals surface area contributed by atoms with Gasteiger partial charge in [-0.05, 0) is 21.7 Å². The second-order valence-corrected chi connectivity index (χ2v) is 5.31. The molecule has 4 nitrogen and oxygen atoms in total. The number of nitrogens with zero attached hydrogens (tertiary/aromatic N) is 4. The summed E-state index contributed by atoms with van der Waals surface area (Å²) in [5, 5.41) is 15.5. The van der Waals surface area contributed by atoms with Crippen LogP contribution in [0.3, 0.4) is 0 Å². The van der Waals surface area contributed by atoms with Crippen LogP contribution in [0, 0.1) is 10.4 Å². The molecule has 102 valence electrons. The Morgan fingerprint density at radius 1 is 0.818 bits per heavy atom. The predicted octanol–water partition coefficient (Wildman–Crippen LogP) is 2.81. The molecule has 0 saturated carbocycles. The normalized spacial score (nSPS) is 13.1. The van der Waals surface area contributed by atoms with Gasteiger partial charge < -0.3 is 0 Å². The van der Waals surface area contributed by atoms with E-state index in [-0.39, 0.29) is 0 Å². The highest BCUT2D eigenvalue weighted by atomic mass is 15.4. The van der Waals surface area contributed by atoms with Gasteiger partial charge in [-0.2, -0.15) is 0 Å². The van der Waals surface area contributed by atoms with Gasteiger partial charge in [0.2, 0.25) is 5.49 Å². The quantitative estimate of drug-likeness (QED) is 0.529. The highest BCUT2D eigenvalue weighted by Crippen LogP contribution is 2.28. The van der Waals surface area contributed by atoms with E-state index in [1.54, 1.807) is 0 Å². The molecule has 0 N–H and O–H groups in total. The lowest BCUT2D eigenvalue weighted by Gasteiger charge is -2.04. The molecule has 0 unspecified atom stereocenters. The zero-order chi connectivity index (χ0) is 14.5. The molecular weight excluding hydrogens is 272 g/mol. The second kappa shape index (κ2) is 4.18. The molecular formula is C18H10N4. The number of fused-ring (bicyclic) bond motifs is 4. The van der Waals surface area contributed by atoms with E-state index in [0.717, 1.165) is 27.7 Å². The molecule has 1 aliphatic carbocycles. The molecule has 3 aromatic rings. The summed E-state index contributed by atoms with van der Waals surface area (Å²) in [6.45, 7) is 0. The van der Waals surface area contributed by atoms with Gasteiger partial charge in [0.15, 0.2) is 0 Å². The largest absolute Gasteiger partial charge is 0.224 e. The SMILES string of the molecule is C1=c2ccccc2=c2c(-c3ccccc3)nc3c(c21)N=NN=3. The van der Waals surface area contributed by atoms with Crippen LogP contribution in [-0.2, 0) is 0 Å². The summed E-state index contributed by atoms with van der Waals surface area (Å²) in [7, 11) is 0. The first-order chi connectivity index (χ1) is 10.9. The van der Waals surface area contributed by atoms with Crippen LogP contribution in [0.25, 0.3) is 17.3 Å². The number of hydrogen-bond acceptors (Lipinski definition) is 4. The molecule has 5 rings (SSSR count). The van der Waals surface area contributed by atoms with Crippen LogP contribution < -0.4 is 10.7 Å². The van der Waals surface area contributed by atoms with Gasteiger partial charge in [0.05, 0.1) is 5.69 Å². The molecule has 0 radical (unpaired) electrons. The molecule has 4 heteroatoms. The highest BCUT2D eigenvalue weighted by Gasteiger charge is 2.18. The van der Waals surface area contributed by atoms with Gasteiger partial charge in [-0.3, -0.25) is 0 Å². The fraction of sp³-hybridized carbons (Fsp3) is 0. The van der Waals surface area contributed by atoms with Crippen LogP contribution in [0.2, 0.25) is 0 Å². The van der Waals surface area contributed by atoms with Gasteiger partial charge in [-0.1, -0.05) is 54.6 Å². The minimum atomic E-state index is 0.599. The maximum Gasteiger partial charge on any atom is 0.205 e. The third kappa shape index (κ3) is 1.46. The number of hydrogen-bond donors (Lipinski definition) is 0. The number of pyridine rings is 1. The molecule has 0 bridgehead atoms. The Morgan fingerprint density at radius 3 is 2.55 bits per heavy atom. The second-order valence-electron chi connectivity index (χ2n) is 5.31. The van der Waals surface area contributed by atoms with Crippen molar-refractivity contribution < 1.29 is 0 Å². The summed E-state index contributed by atoms with van der Waals surface area (Å²) in [6, 6.07) is 18.5. The first-order valence-electron chi connectivity index (χ1n) is 7.11. The van der Waals surface area contributed by atoms with Crippen LogP contribution in [-0.4, -0.2) is 4.98 Å². The van der Waals surface area contributed by atoms with E-state index >= 15 is 0 Å². The lowest BCUT2D eigenvalue weighted by atomic mass is 10.1. The van der Waals surface area contributed by atoms with Crippen LogP contribution in [0.4, 0.5) is 5.69 Å². The molecule has 0 atom stereocenters. The summed E-state index contributed by atoms with van der Waals surface area (Å²) < 4.78 is 0. The minimum absolute atomic E-state index is 0.599. The van der Waals surface area contributed by atoms with Crippen molar-refractivity contribution in [3.8, 4) is 11.3 Å². The molecule has 0 amide bonds. The van der Waals surface area contributed by atoms with Crippen LogP contribution in [0.15, 0.2) is 70.0 Å². The predicted molar refractivity (Wildman–Crippen MR) is 82.7 cm³/mol. The molecule has 22 heavy (non-hydrogen) atoms. The summed E-state index contributed by atoms with van der Waals surface area (Å²) >= 11 is 0. The smallest absolute Gasteiger partial charge is 0.205 e. The van der Waals surface area contributed by atoms with E-state index in [4.69, 9.17) is 4.98 Å². The number of rotatable bonds is 1. The van der Waals surface area contributed by atoms with Crippen molar-refractivity contribution in [2.75, 3.05) is 0 Å². The average Bonchev–Trinajstić information content (AvgIpc) is 3.19. The van der Waals surface area contributed by atoms with Crippen molar-refractivity contribution in [3.05, 3.63) is 81.3 Å². The standard InChI is InChI=1S/C18H10N4/c1-2-6-11(7-3-1)16-15-13-9-5-4-8-12(13)10-14(15)17-18(19-16)21-22-20-17/h1-10H. The van der Waals surface area contributed by atoms with E-state index in [1.165, 1.54) is 10.4 Å². The van der Waals surface area contributed by atoms with Crippen molar-refractivity contribution in [2.24, 2.45) is 15.4 Å². The Hall–Kier alpha value is -3.14. The third-order valence-corrected chi connectivity index (χ3v) is 4.05. The van der Waals surface area contributed by atoms with Crippen molar-refractivity contribution in [2.45, 2.75) is 0 Å². The van der Waals surface area contributed by atoms with Gasteiger partial charge in [0.1, 0.15) is 5.69 Å². The lowest BCUT2D eigenvalue weighted by molar-refractivity contribution is 1.05. The van der Waals surface area contributed by atoms with E-state index in [1.807, 2.05) is 24.3 Å². The van der Waals surface area contributed by atoms with Crippen molar-refractivity contribution >= 4 is 11.8 Å². The highest BCUT2D eigenvalue weighted by molar-refractivity contribution is 5.74. The topological polar surface area (TPSA) is 50.0 Å². The van der Waals surface area contributed by atoms with Gasteiger partial charge in [-0.25, -0.2) is 4.98 Å². The van der Waals surface area contributed by atoms with E-state index in [2.05, 4.69) is 51.8 Å². The summed E-state index contributed by atoms with van der Waals surface area (Å²) in [5.41, 5.74) is 4.45. The summed E-state index contributed by atoms with van der Waals surface area (Å²) in [5.74, 6) is 0. The summed E-state index contributed by atoms with van der Waals surface area (Å²) in [4.78, 5) is 4.72. The molecule has 2 heterocycles. The Labute approximate surface area is 125 Å². The van der Waals surface area contributed by atoms with Crippen LogP contribution in [0.1, 0.15) is 5.56 Å². The van der Waals surface area contributed by atoms with Gasteiger partial charge in [-0.15, -0.1) is 10.2 Å². The molecule has 2 aromatic carbocycles. The monoisotopic (exact) mass is 282 g/mol. The van der Waals surface area contributed by atoms with Crippen LogP contribution in [0.5, 0.6) is 0 Å². The van der Waals surface area contributed by atoms with Crippen molar-refractivity contribution in [3.63, 3.8) is 0 Å². The Balaban J connectivity index is 2.06. The zero-order valence-corrected chi connectivity index (χ0v) is 11.6. The molecule has 0 spiro atoms. The van der Waals surface area contributed by atoms with Crippen LogP contribution >= 0.6 is 0 Å². The Kier molecular flexibility index (Phi) is 2.19. The number of aromatic nitrogens is 1. The maximum absolute atomic E-state index is 4.72. The third-order valence-electron chi connectivity index (χ3n) is 4.05. The zero-order valence-electron chi connectivity index (χ0n) is 11.6. The van der Waals surface area contributed by atoms with Crippen molar-refractivity contribution in [1.29, 1.82) is 0 Å². The molecule has 1 aliphatic heterocycles. The minimum Gasteiger partial charge on any atom is -0.224 e. The molecule has 1 aromatic heterocycles. The molecule has 2 aliphatic rings. The maximum atomic E-state index is 4.72. The van der Waals surface area contributed by atoms with Gasteiger partial charge in [0.25, 0.3) is 0 Å². The average molecular weight is 282 g/mol. The fourth-order valence-electron chi connectivity index (χ4n) is 3.08. The van der Waals surface area contributed by atoms with Crippen molar-refractivity contribution in [1.82, 2.24) is 4.98 Å². The van der Waals surface area contributed by atoms with E-state index in [9.17, 15) is 0 Å². The first kappa shape index (κ1) is 11.5. The van der Waals surface area contributed by atoms with Gasteiger partial charge >= 0.3 is 0 Å².